The number of hydrogen-bond acceptors (Lipinski definition) is 3. The number of nitrogens with two attached hydrogens (primary N) is 1. The predicted molar refractivity (Wildman–Crippen MR) is 89.6 cm³/mol. The van der Waals surface area contributed by atoms with Crippen molar-refractivity contribution in [1.82, 2.24) is 0 Å². The summed E-state index contributed by atoms with van der Waals surface area (Å²) in [4.78, 5) is 24.5. The molecule has 6 atom stereocenters. The lowest BCUT2D eigenvalue weighted by Gasteiger charge is -2.57. The second-order valence-electron chi connectivity index (χ2n) is 8.84. The largest absolute Gasteiger partial charge is 0.396 e. The smallest absolute Gasteiger partial charge is 0.178 e. The van der Waals surface area contributed by atoms with Gasteiger partial charge in [0.25, 0.3) is 0 Å². The van der Waals surface area contributed by atoms with Gasteiger partial charge in [-0.25, -0.2) is 4.39 Å². The lowest BCUT2D eigenvalue weighted by atomic mass is 9.46. The number of carbonyl (C=O) groups is 2. The first-order valence-electron chi connectivity index (χ1n) is 9.10. The van der Waals surface area contributed by atoms with Crippen molar-refractivity contribution >= 4 is 11.6 Å². The average molecular weight is 331 g/mol. The summed E-state index contributed by atoms with van der Waals surface area (Å²) < 4.78 is 14.2. The highest BCUT2D eigenvalue weighted by Crippen LogP contribution is 2.65. The minimum atomic E-state index is -1.31. The molecule has 3 saturated carbocycles. The maximum Gasteiger partial charge on any atom is 0.178 e. The van der Waals surface area contributed by atoms with E-state index >= 15 is 0 Å². The van der Waals surface area contributed by atoms with Crippen molar-refractivity contribution in [3.8, 4) is 0 Å². The molecule has 0 heterocycles. The predicted octanol–water partition coefficient (Wildman–Crippen LogP) is 3.49. The van der Waals surface area contributed by atoms with E-state index in [1.54, 1.807) is 0 Å². The number of hydrogen-bond donors (Lipinski definition) is 1. The van der Waals surface area contributed by atoms with E-state index in [1.165, 1.54) is 0 Å². The molecule has 0 aromatic carbocycles. The molecule has 0 aromatic rings. The van der Waals surface area contributed by atoms with E-state index in [-0.39, 0.29) is 28.8 Å². The summed E-state index contributed by atoms with van der Waals surface area (Å²) in [5, 5.41) is 0. The number of halogens is 1. The SMILES string of the molecule is C=C1C[C@@H]2[C@@H](CC[C@]3(C)C(=O)C(F)C[C@@H]23)[C@@]2(C)CCC(=O)C(N)=C12. The number of fused-ring (bicyclic) bond motifs is 5. The molecule has 0 saturated heterocycles. The van der Waals surface area contributed by atoms with Gasteiger partial charge in [-0.1, -0.05) is 20.4 Å². The summed E-state index contributed by atoms with van der Waals surface area (Å²) in [6.07, 6.45) is 2.71. The monoisotopic (exact) mass is 331 g/mol. The van der Waals surface area contributed by atoms with Gasteiger partial charge in [-0.05, 0) is 66.4 Å². The quantitative estimate of drug-likeness (QED) is 0.739. The van der Waals surface area contributed by atoms with E-state index in [4.69, 9.17) is 5.73 Å². The summed E-state index contributed by atoms with van der Waals surface area (Å²) >= 11 is 0. The van der Waals surface area contributed by atoms with E-state index in [0.29, 0.717) is 24.5 Å². The zero-order chi connectivity index (χ0) is 17.4. The highest BCUT2D eigenvalue weighted by Gasteiger charge is 2.62. The Kier molecular flexibility index (Phi) is 3.21. The van der Waals surface area contributed by atoms with Crippen molar-refractivity contribution in [2.45, 2.75) is 58.5 Å². The van der Waals surface area contributed by atoms with Crippen LogP contribution in [0.1, 0.15) is 52.4 Å². The Morgan fingerprint density at radius 3 is 2.58 bits per heavy atom. The molecular weight excluding hydrogens is 305 g/mol. The lowest BCUT2D eigenvalue weighted by molar-refractivity contribution is -0.134. The molecule has 3 fully saturated rings. The van der Waals surface area contributed by atoms with Crippen LogP contribution in [0.4, 0.5) is 4.39 Å². The van der Waals surface area contributed by atoms with Crippen LogP contribution in [0.25, 0.3) is 0 Å². The molecule has 0 bridgehead atoms. The van der Waals surface area contributed by atoms with Crippen molar-refractivity contribution in [2.24, 2.45) is 34.3 Å². The molecule has 130 valence electrons. The van der Waals surface area contributed by atoms with Gasteiger partial charge >= 0.3 is 0 Å². The van der Waals surface area contributed by atoms with Crippen molar-refractivity contribution in [3.63, 3.8) is 0 Å². The summed E-state index contributed by atoms with van der Waals surface area (Å²) in [5.41, 5.74) is 7.78. The van der Waals surface area contributed by atoms with Crippen LogP contribution in [-0.2, 0) is 9.59 Å². The second kappa shape index (κ2) is 4.80. The van der Waals surface area contributed by atoms with Crippen molar-refractivity contribution in [3.05, 3.63) is 23.4 Å². The van der Waals surface area contributed by atoms with E-state index in [1.807, 2.05) is 6.92 Å². The van der Waals surface area contributed by atoms with Gasteiger partial charge in [-0.3, -0.25) is 9.59 Å². The molecule has 4 rings (SSSR count). The number of alkyl halides is 1. The average Bonchev–Trinajstić information content (AvgIpc) is 2.75. The summed E-state index contributed by atoms with van der Waals surface area (Å²) in [7, 11) is 0. The van der Waals surface area contributed by atoms with Crippen LogP contribution in [0.15, 0.2) is 23.4 Å². The van der Waals surface area contributed by atoms with E-state index < -0.39 is 11.6 Å². The fourth-order valence-corrected chi connectivity index (χ4v) is 6.54. The zero-order valence-corrected chi connectivity index (χ0v) is 14.5. The minimum absolute atomic E-state index is 0.0302. The molecule has 0 amide bonds. The minimum Gasteiger partial charge on any atom is -0.396 e. The maximum absolute atomic E-state index is 14.2. The zero-order valence-electron chi connectivity index (χ0n) is 14.5. The van der Waals surface area contributed by atoms with E-state index in [9.17, 15) is 14.0 Å². The van der Waals surface area contributed by atoms with Gasteiger partial charge in [0, 0.05) is 11.8 Å². The maximum atomic E-state index is 14.2. The Morgan fingerprint density at radius 2 is 1.88 bits per heavy atom. The van der Waals surface area contributed by atoms with Gasteiger partial charge in [-0.15, -0.1) is 0 Å². The van der Waals surface area contributed by atoms with E-state index in [0.717, 1.165) is 36.8 Å². The van der Waals surface area contributed by atoms with Gasteiger partial charge in [-0.2, -0.15) is 0 Å². The molecule has 24 heavy (non-hydrogen) atoms. The van der Waals surface area contributed by atoms with Crippen LogP contribution in [0.2, 0.25) is 0 Å². The third-order valence-electron chi connectivity index (χ3n) is 7.80. The highest BCUT2D eigenvalue weighted by molar-refractivity contribution is 5.97. The molecule has 0 aromatic heterocycles. The van der Waals surface area contributed by atoms with Crippen molar-refractivity contribution in [2.75, 3.05) is 0 Å². The van der Waals surface area contributed by atoms with Gasteiger partial charge in [0.05, 0.1) is 5.70 Å². The summed E-state index contributed by atoms with van der Waals surface area (Å²) in [6, 6.07) is 0. The van der Waals surface area contributed by atoms with Crippen molar-refractivity contribution < 1.29 is 14.0 Å². The van der Waals surface area contributed by atoms with Gasteiger partial charge in [0.1, 0.15) is 0 Å². The summed E-state index contributed by atoms with van der Waals surface area (Å²) in [6.45, 7) is 8.39. The van der Waals surface area contributed by atoms with Gasteiger partial charge in [0.15, 0.2) is 17.7 Å². The standard InChI is InChI=1S/C20H26FNO2/c1-10-8-11-12(19(2)7-5-15(23)17(22)16(10)19)4-6-20(3)13(11)9-14(21)18(20)24/h11-14H,1,4-9,22H2,2-3H3/t11-,12-,13+,14?,19-,20+/m1/s1. The first-order valence-corrected chi connectivity index (χ1v) is 9.10. The third kappa shape index (κ3) is 1.77. The Bertz CT molecular complexity index is 696. The Morgan fingerprint density at radius 1 is 1.17 bits per heavy atom. The topological polar surface area (TPSA) is 60.2 Å². The number of carbonyl (C=O) groups excluding carboxylic acids is 2. The fraction of sp³-hybridized carbons (Fsp3) is 0.700. The molecule has 4 aliphatic carbocycles. The number of Topliss-reactive ketones (excluding diaryl/α,β-unsaturated/α-hetero) is 2. The first-order chi connectivity index (χ1) is 11.2. The Balaban J connectivity index is 1.79. The van der Waals surface area contributed by atoms with Gasteiger partial charge in [0.2, 0.25) is 0 Å². The van der Waals surface area contributed by atoms with Crippen LogP contribution < -0.4 is 5.73 Å². The molecule has 0 radical (unpaired) electrons. The molecule has 0 aliphatic heterocycles. The molecule has 3 nitrogen and oxygen atoms in total. The first kappa shape index (κ1) is 16.0. The van der Waals surface area contributed by atoms with Crippen LogP contribution in [0.3, 0.4) is 0 Å². The fourth-order valence-electron chi connectivity index (χ4n) is 6.54. The summed E-state index contributed by atoms with van der Waals surface area (Å²) in [5.74, 6) is 0.563. The van der Waals surface area contributed by atoms with Crippen molar-refractivity contribution in [1.29, 1.82) is 0 Å². The molecule has 4 heteroatoms. The van der Waals surface area contributed by atoms with Gasteiger partial charge < -0.3 is 5.73 Å². The van der Waals surface area contributed by atoms with Crippen LogP contribution in [0.5, 0.6) is 0 Å². The second-order valence-corrected chi connectivity index (χ2v) is 8.84. The van der Waals surface area contributed by atoms with Crippen LogP contribution in [0, 0.1) is 28.6 Å². The third-order valence-corrected chi connectivity index (χ3v) is 7.80. The number of ketones is 2. The molecule has 2 N–H and O–H groups in total. The normalized spacial score (nSPS) is 48.2. The van der Waals surface area contributed by atoms with E-state index in [2.05, 4.69) is 13.5 Å². The highest BCUT2D eigenvalue weighted by atomic mass is 19.1. The lowest BCUT2D eigenvalue weighted by Crippen LogP contribution is -2.52. The molecule has 4 aliphatic rings. The molecular formula is C20H26FNO2. The molecule has 0 spiro atoms. The molecule has 1 unspecified atom stereocenters. The number of rotatable bonds is 0. The Labute approximate surface area is 142 Å². The van der Waals surface area contributed by atoms with Crippen LogP contribution >= 0.6 is 0 Å². The van der Waals surface area contributed by atoms with Crippen LogP contribution in [-0.4, -0.2) is 17.7 Å². The Hall–Kier alpha value is -1.45. The number of allylic oxidation sites excluding steroid dienone is 2.